The minimum Gasteiger partial charge on any atom is -0.457 e. The lowest BCUT2D eigenvalue weighted by Crippen LogP contribution is -2.27. The quantitative estimate of drug-likeness (QED) is 0.0491. The Bertz CT molecular complexity index is 726. The summed E-state index contributed by atoms with van der Waals surface area (Å²) in [6.45, 7) is 5.43. The maximum absolute atomic E-state index is 12.3. The molecule has 1 unspecified atom stereocenters. The summed E-state index contributed by atoms with van der Waals surface area (Å²) in [6.07, 6.45) is 62.1. The maximum atomic E-state index is 12.3. The zero-order valence-electron chi connectivity index (χ0n) is 39.4. The highest BCUT2D eigenvalue weighted by molar-refractivity contribution is 5.69. The molecule has 0 saturated carbocycles. The SMILES string of the molecule is CCCCCCCCCCCCCCCCCCCCCCCCCOCC(CO)OC(=O)CCCCCCCCCCCCCCCCCCCCCCCC. The molecule has 0 aromatic carbocycles. The van der Waals surface area contributed by atoms with Gasteiger partial charge in [-0.1, -0.05) is 290 Å². The Hall–Kier alpha value is -0.610. The number of rotatable bonds is 51. The minimum absolute atomic E-state index is 0.162. The largest absolute Gasteiger partial charge is 0.457 e. The van der Waals surface area contributed by atoms with Crippen LogP contribution in [0.1, 0.15) is 309 Å². The smallest absolute Gasteiger partial charge is 0.306 e. The molecule has 0 aromatic rings. The first kappa shape index (κ1) is 56.4. The van der Waals surface area contributed by atoms with Crippen LogP contribution in [0.3, 0.4) is 0 Å². The van der Waals surface area contributed by atoms with Crippen molar-refractivity contribution < 1.29 is 19.4 Å². The zero-order valence-corrected chi connectivity index (χ0v) is 39.4. The summed E-state index contributed by atoms with van der Waals surface area (Å²) in [5, 5.41) is 9.66. The average Bonchev–Trinajstić information content (AvgIpc) is 3.22. The van der Waals surface area contributed by atoms with Gasteiger partial charge >= 0.3 is 5.97 Å². The molecular formula is C53H106O4. The highest BCUT2D eigenvalue weighted by atomic mass is 16.6. The van der Waals surface area contributed by atoms with E-state index in [1.165, 1.54) is 270 Å². The van der Waals surface area contributed by atoms with Crippen molar-refractivity contribution in [2.75, 3.05) is 19.8 Å². The molecular weight excluding hydrogens is 701 g/mol. The van der Waals surface area contributed by atoms with Gasteiger partial charge in [0.1, 0.15) is 6.10 Å². The Morgan fingerprint density at radius 1 is 0.351 bits per heavy atom. The number of aliphatic hydroxyl groups is 1. The molecule has 0 aliphatic carbocycles. The van der Waals surface area contributed by atoms with E-state index in [2.05, 4.69) is 13.8 Å². The topological polar surface area (TPSA) is 55.8 Å². The Labute approximate surface area is 359 Å². The first-order valence-electron chi connectivity index (χ1n) is 26.6. The average molecular weight is 807 g/mol. The van der Waals surface area contributed by atoms with Gasteiger partial charge in [-0.15, -0.1) is 0 Å². The summed E-state index contributed by atoms with van der Waals surface area (Å²) < 4.78 is 11.2. The van der Waals surface area contributed by atoms with Gasteiger partial charge in [-0.05, 0) is 12.8 Å². The molecule has 0 aliphatic rings. The van der Waals surface area contributed by atoms with E-state index in [9.17, 15) is 9.90 Å². The van der Waals surface area contributed by atoms with Gasteiger partial charge in [0.15, 0.2) is 0 Å². The van der Waals surface area contributed by atoms with Crippen LogP contribution in [-0.2, 0) is 14.3 Å². The van der Waals surface area contributed by atoms with E-state index in [1.54, 1.807) is 0 Å². The number of ether oxygens (including phenoxy) is 2. The van der Waals surface area contributed by atoms with Crippen molar-refractivity contribution in [1.82, 2.24) is 0 Å². The van der Waals surface area contributed by atoms with Gasteiger partial charge in [0.05, 0.1) is 13.2 Å². The fourth-order valence-corrected chi connectivity index (χ4v) is 8.45. The fraction of sp³-hybridized carbons (Fsp3) is 0.981. The van der Waals surface area contributed by atoms with Crippen LogP contribution in [0.5, 0.6) is 0 Å². The normalized spacial score (nSPS) is 12.1. The van der Waals surface area contributed by atoms with Crippen molar-refractivity contribution in [3.05, 3.63) is 0 Å². The second-order valence-electron chi connectivity index (χ2n) is 18.3. The van der Waals surface area contributed by atoms with E-state index >= 15 is 0 Å². The predicted molar refractivity (Wildman–Crippen MR) is 252 cm³/mol. The molecule has 0 fully saturated rings. The zero-order chi connectivity index (χ0) is 41.2. The lowest BCUT2D eigenvalue weighted by molar-refractivity contribution is -0.154. The van der Waals surface area contributed by atoms with Crippen LogP contribution in [0, 0.1) is 0 Å². The van der Waals surface area contributed by atoms with E-state index in [1.807, 2.05) is 0 Å². The molecule has 4 heteroatoms. The van der Waals surface area contributed by atoms with E-state index in [-0.39, 0.29) is 12.6 Å². The molecule has 4 nitrogen and oxygen atoms in total. The number of aliphatic hydroxyl groups excluding tert-OH is 1. The van der Waals surface area contributed by atoms with Gasteiger partial charge in [-0.25, -0.2) is 0 Å². The summed E-state index contributed by atoms with van der Waals surface area (Å²) in [7, 11) is 0. The first-order chi connectivity index (χ1) is 28.2. The van der Waals surface area contributed by atoms with Gasteiger partial charge in [0.2, 0.25) is 0 Å². The molecule has 0 radical (unpaired) electrons. The van der Waals surface area contributed by atoms with Gasteiger partial charge < -0.3 is 14.6 Å². The Morgan fingerprint density at radius 2 is 0.579 bits per heavy atom. The van der Waals surface area contributed by atoms with E-state index in [4.69, 9.17) is 9.47 Å². The summed E-state index contributed by atoms with van der Waals surface area (Å²) in [5.41, 5.74) is 0. The van der Waals surface area contributed by atoms with Crippen LogP contribution < -0.4 is 0 Å². The van der Waals surface area contributed by atoms with Crippen molar-refractivity contribution in [2.45, 2.75) is 315 Å². The number of carbonyl (C=O) groups excluding carboxylic acids is 1. The molecule has 0 rings (SSSR count). The molecule has 1 N–H and O–H groups in total. The molecule has 342 valence electrons. The minimum atomic E-state index is -0.526. The van der Waals surface area contributed by atoms with Crippen LogP contribution in [-0.4, -0.2) is 37.0 Å². The molecule has 57 heavy (non-hydrogen) atoms. The third-order valence-corrected chi connectivity index (χ3v) is 12.4. The number of unbranched alkanes of at least 4 members (excludes halogenated alkanes) is 43. The standard InChI is InChI=1S/C53H106O4/c1-3-5-7-9-11-13-15-17-19-21-23-25-27-29-31-33-35-37-39-41-43-45-47-49-56-51-52(50-54)57-53(55)48-46-44-42-40-38-36-34-32-30-28-26-24-22-20-18-16-14-12-10-8-6-4-2/h52,54H,3-51H2,1-2H3. The summed E-state index contributed by atoms with van der Waals surface area (Å²) >= 11 is 0. The maximum Gasteiger partial charge on any atom is 0.306 e. The number of esters is 1. The summed E-state index contributed by atoms with van der Waals surface area (Å²) in [4.78, 5) is 12.3. The lowest BCUT2D eigenvalue weighted by Gasteiger charge is -2.16. The third-order valence-electron chi connectivity index (χ3n) is 12.4. The summed E-state index contributed by atoms with van der Waals surface area (Å²) in [5.74, 6) is -0.189. The first-order valence-corrected chi connectivity index (χ1v) is 26.6. The second kappa shape index (κ2) is 51.5. The highest BCUT2D eigenvalue weighted by Gasteiger charge is 2.13. The Kier molecular flexibility index (Phi) is 51.0. The Balaban J connectivity index is 3.32. The molecule has 0 spiro atoms. The van der Waals surface area contributed by atoms with Crippen molar-refractivity contribution >= 4 is 5.97 Å². The predicted octanol–water partition coefficient (Wildman–Crippen LogP) is 17.9. The number of hydrogen-bond donors (Lipinski definition) is 1. The van der Waals surface area contributed by atoms with Gasteiger partial charge in [-0.2, -0.15) is 0 Å². The van der Waals surface area contributed by atoms with Gasteiger partial charge in [-0.3, -0.25) is 4.79 Å². The molecule has 0 aliphatic heterocycles. The van der Waals surface area contributed by atoms with Crippen molar-refractivity contribution in [3.63, 3.8) is 0 Å². The molecule has 0 heterocycles. The van der Waals surface area contributed by atoms with Crippen LogP contribution in [0.25, 0.3) is 0 Å². The molecule has 1 atom stereocenters. The summed E-state index contributed by atoms with van der Waals surface area (Å²) in [6, 6.07) is 0. The van der Waals surface area contributed by atoms with Gasteiger partial charge in [0.25, 0.3) is 0 Å². The van der Waals surface area contributed by atoms with Crippen LogP contribution in [0.4, 0.5) is 0 Å². The lowest BCUT2D eigenvalue weighted by atomic mass is 10.0. The molecule has 0 aromatic heterocycles. The van der Waals surface area contributed by atoms with Crippen LogP contribution in [0.2, 0.25) is 0 Å². The van der Waals surface area contributed by atoms with E-state index < -0.39 is 6.10 Å². The van der Waals surface area contributed by atoms with Gasteiger partial charge in [0, 0.05) is 13.0 Å². The van der Waals surface area contributed by atoms with Crippen LogP contribution >= 0.6 is 0 Å². The van der Waals surface area contributed by atoms with E-state index in [0.29, 0.717) is 19.6 Å². The monoisotopic (exact) mass is 807 g/mol. The van der Waals surface area contributed by atoms with Crippen molar-refractivity contribution in [3.8, 4) is 0 Å². The van der Waals surface area contributed by atoms with Crippen molar-refractivity contribution in [1.29, 1.82) is 0 Å². The highest BCUT2D eigenvalue weighted by Crippen LogP contribution is 2.18. The number of carbonyl (C=O) groups is 1. The molecule has 0 amide bonds. The fourth-order valence-electron chi connectivity index (χ4n) is 8.45. The Morgan fingerprint density at radius 3 is 0.825 bits per heavy atom. The number of hydrogen-bond acceptors (Lipinski definition) is 4. The third kappa shape index (κ3) is 49.7. The van der Waals surface area contributed by atoms with E-state index in [0.717, 1.165) is 19.3 Å². The molecule has 0 saturated heterocycles. The van der Waals surface area contributed by atoms with Crippen molar-refractivity contribution in [2.24, 2.45) is 0 Å². The van der Waals surface area contributed by atoms with Crippen LogP contribution in [0.15, 0.2) is 0 Å². The second-order valence-corrected chi connectivity index (χ2v) is 18.3. The molecule has 0 bridgehead atoms.